The molecule has 0 aliphatic carbocycles. The second-order valence-corrected chi connectivity index (χ2v) is 16.9. The monoisotopic (exact) mass is 878 g/mol. The molecule has 302 valence electrons. The zero-order valence-corrected chi connectivity index (χ0v) is 32.8. The van der Waals surface area contributed by atoms with Crippen molar-refractivity contribution >= 4 is 93.4 Å². The first-order valence-corrected chi connectivity index (χ1v) is 20.6. The van der Waals surface area contributed by atoms with Crippen molar-refractivity contribution in [3.05, 3.63) is 54.6 Å². The first-order valence-electron chi connectivity index (χ1n) is 14.6. The fourth-order valence-electron chi connectivity index (χ4n) is 4.33. The third kappa shape index (κ3) is 12.2. The molecular formula is C29H30N6O16S5. The number of fused-ring (bicyclic) bond motifs is 1. The number of nitrogens with zero attached hydrogens (tertiary/aromatic N) is 5. The fourth-order valence-corrected chi connectivity index (χ4v) is 7.49. The minimum Gasteiger partial charge on any atom is -0.505 e. The third-order valence-corrected chi connectivity index (χ3v) is 10.9. The summed E-state index contributed by atoms with van der Waals surface area (Å²) in [6.45, 7) is 0.218. The van der Waals surface area contributed by atoms with E-state index >= 15 is 0 Å². The van der Waals surface area contributed by atoms with E-state index in [1.54, 1.807) is 31.1 Å². The van der Waals surface area contributed by atoms with E-state index in [0.717, 1.165) is 23.9 Å². The molecule has 8 N–H and O–H groups in total. The summed E-state index contributed by atoms with van der Waals surface area (Å²) in [7, 11) is -9.08. The van der Waals surface area contributed by atoms with Crippen LogP contribution in [-0.4, -0.2) is 88.6 Å². The number of aromatic hydroxyl groups is 1. The van der Waals surface area contributed by atoms with Crippen LogP contribution in [0.4, 0.5) is 28.4 Å². The molecule has 4 aromatic carbocycles. The predicted molar refractivity (Wildman–Crippen MR) is 200 cm³/mol. The molecule has 0 saturated heterocycles. The highest BCUT2D eigenvalue weighted by molar-refractivity contribution is 8.04. The van der Waals surface area contributed by atoms with Crippen molar-refractivity contribution < 1.29 is 73.5 Å². The number of hydrogen-bond donors (Lipinski definition) is 5. The second kappa shape index (κ2) is 19.5. The number of phenols is 1. The Labute approximate surface area is 327 Å². The largest absolute Gasteiger partial charge is 0.505 e. The van der Waals surface area contributed by atoms with E-state index in [1.807, 2.05) is 6.11 Å². The van der Waals surface area contributed by atoms with Gasteiger partial charge in [-0.15, -0.1) is 19.7 Å². The highest BCUT2D eigenvalue weighted by Crippen LogP contribution is 2.49. The van der Waals surface area contributed by atoms with Crippen LogP contribution >= 0.6 is 23.8 Å². The Morgan fingerprint density at radius 3 is 2.20 bits per heavy atom. The van der Waals surface area contributed by atoms with Gasteiger partial charge in [-0.05, 0) is 90.2 Å². The molecule has 22 nitrogen and oxygen atoms in total. The third-order valence-electron chi connectivity index (χ3n) is 6.80. The predicted octanol–water partition coefficient (Wildman–Crippen LogP) is 4.91. The fraction of sp³-hybridized carbons (Fsp3) is 0.172. The van der Waals surface area contributed by atoms with Gasteiger partial charge in [0, 0.05) is 16.7 Å². The van der Waals surface area contributed by atoms with Gasteiger partial charge < -0.3 is 26.0 Å². The van der Waals surface area contributed by atoms with Gasteiger partial charge in [0.2, 0.25) is 0 Å². The highest BCUT2D eigenvalue weighted by atomic mass is 32.3. The maximum absolute atomic E-state index is 13.0. The lowest BCUT2D eigenvalue weighted by molar-refractivity contribution is -0.432. The Hall–Kier alpha value is -4.67. The molecule has 0 aromatic heterocycles. The summed E-state index contributed by atoms with van der Waals surface area (Å²) in [5.41, 5.74) is 5.24. The molecule has 4 rings (SSSR count). The number of nitrogen functional groups attached to an aromatic ring is 1. The molecule has 4 aromatic rings. The molecule has 27 heteroatoms. The average molecular weight is 879 g/mol. The number of anilines is 1. The average Bonchev–Trinajstić information content (AvgIpc) is 3.11. The standard InChI is InChI=1S/C29H28N6O15S5.H2O/c1-35(2)10-13-53(38,39)20-8-9-22(46-3)21(16-20)32-34-28-24(54(40,41)42)15-17-14-23(52-49-48-37)27(26(30)25(17)29(28)36)33-31-18-4-6-19(7-5-18)51-12-11-47-50-55(43,44)45;/h4-9,14-16,36-37H,10,13,30H2,1-3H3,(H,40,41,42)(H,43,44,45);1H2. The van der Waals surface area contributed by atoms with Crippen LogP contribution in [0.2, 0.25) is 0 Å². The molecule has 0 atom stereocenters. The molecule has 0 amide bonds. The van der Waals surface area contributed by atoms with Gasteiger partial charge in [-0.25, -0.2) is 13.7 Å². The van der Waals surface area contributed by atoms with Crippen molar-refractivity contribution in [3.8, 4) is 22.9 Å². The zero-order chi connectivity index (χ0) is 40.6. The smallest absolute Gasteiger partial charge is 0.433 e. The van der Waals surface area contributed by atoms with E-state index < -0.39 is 46.7 Å². The van der Waals surface area contributed by atoms with Gasteiger partial charge in [0.25, 0.3) is 10.1 Å². The summed E-state index contributed by atoms with van der Waals surface area (Å²) in [4.78, 5) is 5.16. The Balaban J connectivity index is 0.00000841. The summed E-state index contributed by atoms with van der Waals surface area (Å²) < 4.78 is 104. The van der Waals surface area contributed by atoms with Crippen LogP contribution < -0.4 is 10.5 Å². The van der Waals surface area contributed by atoms with Gasteiger partial charge in [-0.3, -0.25) is 14.0 Å². The maximum atomic E-state index is 13.0. The molecule has 0 aliphatic rings. The Bertz CT molecular complexity index is 2530. The molecular weight excluding hydrogens is 849 g/mol. The van der Waals surface area contributed by atoms with Crippen LogP contribution in [0.25, 0.3) is 10.8 Å². The first kappa shape index (κ1) is 45.7. The van der Waals surface area contributed by atoms with Crippen LogP contribution in [0.15, 0.2) is 94.6 Å². The number of ether oxygens (including phenoxy) is 1. The lowest BCUT2D eigenvalue weighted by atomic mass is 10.1. The molecule has 56 heavy (non-hydrogen) atoms. The Morgan fingerprint density at radius 2 is 1.59 bits per heavy atom. The number of rotatable bonds is 16. The number of nitrogens with two attached hydrogens (primary N) is 1. The number of sulfone groups is 1. The van der Waals surface area contributed by atoms with Crippen molar-refractivity contribution in [2.75, 3.05) is 39.2 Å². The van der Waals surface area contributed by atoms with Crippen molar-refractivity contribution in [3.63, 3.8) is 0 Å². The quantitative estimate of drug-likeness (QED) is 0.0146. The van der Waals surface area contributed by atoms with E-state index in [2.05, 4.69) is 44.3 Å². The van der Waals surface area contributed by atoms with Gasteiger partial charge in [0.1, 0.15) is 27.7 Å². The van der Waals surface area contributed by atoms with Crippen LogP contribution in [0, 0.1) is 11.4 Å². The van der Waals surface area contributed by atoms with E-state index in [-0.39, 0.29) is 66.8 Å². The van der Waals surface area contributed by atoms with E-state index in [0.29, 0.717) is 16.9 Å². The van der Waals surface area contributed by atoms with Crippen LogP contribution in [-0.2, 0) is 48.9 Å². The van der Waals surface area contributed by atoms with Gasteiger partial charge in [-0.2, -0.15) is 21.9 Å². The molecule has 0 bridgehead atoms. The van der Waals surface area contributed by atoms with Crippen LogP contribution in [0.1, 0.15) is 0 Å². The second-order valence-electron chi connectivity index (χ2n) is 10.7. The number of thioether (sulfide) groups is 1. The maximum Gasteiger partial charge on any atom is 0.433 e. The van der Waals surface area contributed by atoms with Gasteiger partial charge in [0.05, 0.1) is 51.5 Å². The minimum atomic E-state index is -5.12. The summed E-state index contributed by atoms with van der Waals surface area (Å²) in [6.07, 6.45) is 1.90. The van der Waals surface area contributed by atoms with Crippen molar-refractivity contribution in [1.29, 1.82) is 0 Å². The van der Waals surface area contributed by atoms with E-state index in [9.17, 15) is 34.9 Å². The van der Waals surface area contributed by atoms with Gasteiger partial charge >= 0.3 is 10.4 Å². The number of phenolic OH excluding ortho intramolecular Hbond substituents is 1. The normalized spacial score (nSPS) is 12.2. The van der Waals surface area contributed by atoms with Crippen molar-refractivity contribution in [2.24, 2.45) is 20.5 Å². The summed E-state index contributed by atoms with van der Waals surface area (Å²) in [6, 6.07) is 12.0. The summed E-state index contributed by atoms with van der Waals surface area (Å²) >= 11 is 1.26. The number of benzene rings is 4. The Kier molecular flexibility index (Phi) is 15.9. The Morgan fingerprint density at radius 1 is 0.911 bits per heavy atom. The van der Waals surface area contributed by atoms with Crippen LogP contribution in [0.3, 0.4) is 0 Å². The minimum absolute atomic E-state index is 0. The topological polar surface area (TPSA) is 340 Å². The molecule has 0 saturated carbocycles. The zero-order valence-electron chi connectivity index (χ0n) is 28.7. The molecule has 0 unspecified atom stereocenters. The van der Waals surface area contributed by atoms with Gasteiger partial charge in [-0.1, -0.05) is 5.04 Å². The molecule has 0 fully saturated rings. The number of hydrogen-bond acceptors (Lipinski definition) is 21. The van der Waals surface area contributed by atoms with E-state index in [1.165, 1.54) is 37.4 Å². The van der Waals surface area contributed by atoms with Gasteiger partial charge in [0.15, 0.2) is 21.7 Å². The lowest BCUT2D eigenvalue weighted by Gasteiger charge is -2.14. The van der Waals surface area contributed by atoms with E-state index in [4.69, 9.17) is 20.3 Å². The lowest BCUT2D eigenvalue weighted by Crippen LogP contribution is -2.21. The van der Waals surface area contributed by atoms with Crippen molar-refractivity contribution in [1.82, 2.24) is 4.90 Å². The number of azo groups is 2. The van der Waals surface area contributed by atoms with Crippen molar-refractivity contribution in [2.45, 2.75) is 19.6 Å². The summed E-state index contributed by atoms with van der Waals surface area (Å²) in [5.74, 6) is -1.08. The highest BCUT2D eigenvalue weighted by Gasteiger charge is 2.26. The molecule has 0 spiro atoms. The number of methoxy groups -OCH3 is 1. The first-order chi connectivity index (χ1) is 25.8. The molecule has 0 heterocycles. The molecule has 0 radical (unpaired) electrons. The summed E-state index contributed by atoms with van der Waals surface area (Å²) in [5, 5.41) is 42.0. The molecule has 0 aliphatic heterocycles. The van der Waals surface area contributed by atoms with Crippen LogP contribution in [0.5, 0.6) is 11.5 Å². The SMILES string of the molecule is COc1ccc(S(=O)(=O)CCN(C)C)cc1N=Nc1c(S(=O)(=O)O)cc2cc(SOOO)c(N=Nc3ccc(SC#COOS(=O)(=O)O)cc3)c(N)c2c1O.O.